The van der Waals surface area contributed by atoms with Crippen molar-refractivity contribution in [2.45, 2.75) is 37.8 Å². The van der Waals surface area contributed by atoms with Crippen LogP contribution in [0.2, 0.25) is 0 Å². The van der Waals surface area contributed by atoms with Gasteiger partial charge in [-0.15, -0.1) is 12.4 Å². The highest BCUT2D eigenvalue weighted by atomic mass is 35.5. The van der Waals surface area contributed by atoms with E-state index >= 15 is 0 Å². The molecule has 2 aliphatic rings. The van der Waals surface area contributed by atoms with Crippen molar-refractivity contribution < 1.29 is 5.11 Å². The lowest BCUT2D eigenvalue weighted by Gasteiger charge is -2.27. The van der Waals surface area contributed by atoms with Crippen LogP contribution in [0, 0.1) is 5.92 Å². The molecule has 0 amide bonds. The van der Waals surface area contributed by atoms with E-state index < -0.39 is 0 Å². The quantitative estimate of drug-likeness (QED) is 0.625. The molecule has 66 valence electrons. The first-order valence-corrected chi connectivity index (χ1v) is 4.28. The minimum atomic E-state index is -0.0214. The number of piperidine rings is 1. The molecule has 1 aliphatic carbocycles. The topological polar surface area (TPSA) is 32.3 Å². The van der Waals surface area contributed by atoms with Crippen molar-refractivity contribution in [3.05, 3.63) is 0 Å². The van der Waals surface area contributed by atoms with Gasteiger partial charge in [-0.1, -0.05) is 0 Å². The van der Waals surface area contributed by atoms with Crippen LogP contribution in [0.3, 0.4) is 0 Å². The number of aliphatic hydroxyl groups excluding tert-OH is 1. The van der Waals surface area contributed by atoms with Crippen LogP contribution in [-0.2, 0) is 0 Å². The first-order valence-electron chi connectivity index (χ1n) is 4.28. The Bertz CT molecular complexity index is 127. The molecular formula is C8H16ClNO. The molecule has 0 aromatic rings. The normalized spacial score (nSPS) is 37.9. The SMILES string of the molecule is Cl.O[C@@H]1CCN[C@H](C2CC2)C1. The van der Waals surface area contributed by atoms with E-state index in [1.807, 2.05) is 0 Å². The Morgan fingerprint density at radius 1 is 1.18 bits per heavy atom. The van der Waals surface area contributed by atoms with E-state index in [1.54, 1.807) is 0 Å². The molecule has 1 saturated heterocycles. The van der Waals surface area contributed by atoms with Crippen molar-refractivity contribution in [2.24, 2.45) is 5.92 Å². The molecule has 0 aromatic carbocycles. The average molecular weight is 178 g/mol. The third-order valence-corrected chi connectivity index (χ3v) is 2.60. The molecule has 1 saturated carbocycles. The molecule has 0 aromatic heterocycles. The van der Waals surface area contributed by atoms with E-state index in [9.17, 15) is 5.11 Å². The molecule has 2 nitrogen and oxygen atoms in total. The van der Waals surface area contributed by atoms with Crippen LogP contribution in [0.5, 0.6) is 0 Å². The highest BCUT2D eigenvalue weighted by molar-refractivity contribution is 5.85. The molecule has 0 bridgehead atoms. The zero-order valence-corrected chi connectivity index (χ0v) is 7.44. The summed E-state index contributed by atoms with van der Waals surface area (Å²) in [6.45, 7) is 1.02. The van der Waals surface area contributed by atoms with Gasteiger partial charge in [0, 0.05) is 6.04 Å². The Balaban J connectivity index is 0.000000605. The fourth-order valence-electron chi connectivity index (χ4n) is 1.79. The van der Waals surface area contributed by atoms with Crippen LogP contribution in [-0.4, -0.2) is 23.8 Å². The van der Waals surface area contributed by atoms with Gasteiger partial charge in [0.1, 0.15) is 0 Å². The number of hydrogen-bond donors (Lipinski definition) is 2. The van der Waals surface area contributed by atoms with Crippen LogP contribution in [0.25, 0.3) is 0 Å². The summed E-state index contributed by atoms with van der Waals surface area (Å²) in [5.41, 5.74) is 0. The third kappa shape index (κ3) is 2.32. The molecule has 3 heteroatoms. The molecular weight excluding hydrogens is 162 g/mol. The lowest BCUT2D eigenvalue weighted by molar-refractivity contribution is 0.111. The van der Waals surface area contributed by atoms with Crippen LogP contribution in [0.15, 0.2) is 0 Å². The van der Waals surface area contributed by atoms with Gasteiger partial charge < -0.3 is 10.4 Å². The molecule has 0 radical (unpaired) electrons. The highest BCUT2D eigenvalue weighted by Crippen LogP contribution is 2.35. The summed E-state index contributed by atoms with van der Waals surface area (Å²) >= 11 is 0. The second-order valence-corrected chi connectivity index (χ2v) is 3.58. The maximum atomic E-state index is 9.32. The zero-order valence-electron chi connectivity index (χ0n) is 6.62. The second kappa shape index (κ2) is 3.74. The lowest BCUT2D eigenvalue weighted by atomic mass is 9.98. The number of rotatable bonds is 1. The van der Waals surface area contributed by atoms with Crippen LogP contribution >= 0.6 is 12.4 Å². The van der Waals surface area contributed by atoms with Crippen molar-refractivity contribution in [1.82, 2.24) is 5.32 Å². The van der Waals surface area contributed by atoms with Crippen LogP contribution < -0.4 is 5.32 Å². The minimum absolute atomic E-state index is 0. The number of aliphatic hydroxyl groups is 1. The van der Waals surface area contributed by atoms with Gasteiger partial charge in [-0.25, -0.2) is 0 Å². The van der Waals surface area contributed by atoms with Gasteiger partial charge in [0.15, 0.2) is 0 Å². The Morgan fingerprint density at radius 3 is 2.45 bits per heavy atom. The standard InChI is InChI=1S/C8H15NO.ClH/c10-7-3-4-9-8(5-7)6-1-2-6;/h6-10H,1-5H2;1H/t7-,8+;/m1./s1. The Morgan fingerprint density at radius 2 is 1.91 bits per heavy atom. The second-order valence-electron chi connectivity index (χ2n) is 3.58. The number of hydrogen-bond acceptors (Lipinski definition) is 2. The fourth-order valence-corrected chi connectivity index (χ4v) is 1.79. The van der Waals surface area contributed by atoms with Gasteiger partial charge in [0.2, 0.25) is 0 Å². The van der Waals surface area contributed by atoms with Gasteiger partial charge in [0.05, 0.1) is 6.10 Å². The monoisotopic (exact) mass is 177 g/mol. The molecule has 2 rings (SSSR count). The summed E-state index contributed by atoms with van der Waals surface area (Å²) < 4.78 is 0. The molecule has 11 heavy (non-hydrogen) atoms. The van der Waals surface area contributed by atoms with Crippen molar-refractivity contribution >= 4 is 12.4 Å². The Labute approximate surface area is 73.8 Å². The van der Waals surface area contributed by atoms with Crippen molar-refractivity contribution in [1.29, 1.82) is 0 Å². The van der Waals surface area contributed by atoms with Gasteiger partial charge >= 0.3 is 0 Å². The smallest absolute Gasteiger partial charge is 0.0567 e. The predicted molar refractivity (Wildman–Crippen MR) is 47.0 cm³/mol. The van der Waals surface area contributed by atoms with E-state index in [0.717, 1.165) is 25.3 Å². The predicted octanol–water partition coefficient (Wildman–Crippen LogP) is 0.931. The van der Waals surface area contributed by atoms with Crippen LogP contribution in [0.4, 0.5) is 0 Å². The third-order valence-electron chi connectivity index (χ3n) is 2.60. The molecule has 0 unspecified atom stereocenters. The van der Waals surface area contributed by atoms with Crippen molar-refractivity contribution in [2.75, 3.05) is 6.54 Å². The summed E-state index contributed by atoms with van der Waals surface area (Å²) in [6.07, 6.45) is 4.68. The van der Waals surface area contributed by atoms with Gasteiger partial charge in [-0.3, -0.25) is 0 Å². The van der Waals surface area contributed by atoms with E-state index in [4.69, 9.17) is 0 Å². The zero-order chi connectivity index (χ0) is 6.97. The molecule has 2 N–H and O–H groups in total. The summed E-state index contributed by atoms with van der Waals surface area (Å²) in [4.78, 5) is 0. The Kier molecular flexibility index (Phi) is 3.16. The number of halogens is 1. The largest absolute Gasteiger partial charge is 0.393 e. The van der Waals surface area contributed by atoms with E-state index in [1.165, 1.54) is 12.8 Å². The lowest BCUT2D eigenvalue weighted by Crippen LogP contribution is -2.41. The molecule has 2 atom stereocenters. The Hall–Kier alpha value is 0.210. The van der Waals surface area contributed by atoms with Crippen LogP contribution in [0.1, 0.15) is 25.7 Å². The maximum Gasteiger partial charge on any atom is 0.0567 e. The fraction of sp³-hybridized carbons (Fsp3) is 1.00. The first-order chi connectivity index (χ1) is 4.86. The van der Waals surface area contributed by atoms with Crippen molar-refractivity contribution in [3.8, 4) is 0 Å². The van der Waals surface area contributed by atoms with E-state index in [0.29, 0.717) is 6.04 Å². The highest BCUT2D eigenvalue weighted by Gasteiger charge is 2.33. The first kappa shape index (κ1) is 9.30. The molecule has 1 heterocycles. The van der Waals surface area contributed by atoms with Gasteiger partial charge in [-0.2, -0.15) is 0 Å². The summed E-state index contributed by atoms with van der Waals surface area (Å²) in [5, 5.41) is 12.8. The minimum Gasteiger partial charge on any atom is -0.393 e. The molecule has 2 fully saturated rings. The van der Waals surface area contributed by atoms with Gasteiger partial charge in [-0.05, 0) is 38.1 Å². The summed E-state index contributed by atoms with van der Waals surface area (Å²) in [6, 6.07) is 0.642. The molecule has 1 aliphatic heterocycles. The molecule has 0 spiro atoms. The summed E-state index contributed by atoms with van der Waals surface area (Å²) in [5.74, 6) is 0.898. The average Bonchev–Trinajstić information content (AvgIpc) is 2.68. The van der Waals surface area contributed by atoms with Crippen molar-refractivity contribution in [3.63, 3.8) is 0 Å². The van der Waals surface area contributed by atoms with Gasteiger partial charge in [0.25, 0.3) is 0 Å². The number of nitrogens with one attached hydrogen (secondary N) is 1. The summed E-state index contributed by atoms with van der Waals surface area (Å²) in [7, 11) is 0. The van der Waals surface area contributed by atoms with E-state index in [-0.39, 0.29) is 18.5 Å². The van der Waals surface area contributed by atoms with E-state index in [2.05, 4.69) is 5.32 Å². The maximum absolute atomic E-state index is 9.32.